The number of ether oxygens (including phenoxy) is 1. The Morgan fingerprint density at radius 2 is 2.21 bits per heavy atom. The van der Waals surface area contributed by atoms with Gasteiger partial charge in [0.1, 0.15) is 23.4 Å². The van der Waals surface area contributed by atoms with Crippen LogP contribution in [0, 0.1) is 11.3 Å². The maximum absolute atomic E-state index is 12.3. The van der Waals surface area contributed by atoms with Crippen LogP contribution in [-0.4, -0.2) is 40.1 Å². The molecule has 1 aliphatic heterocycles. The average molecular weight is 328 g/mol. The van der Waals surface area contributed by atoms with Crippen molar-refractivity contribution in [2.24, 2.45) is 0 Å². The van der Waals surface area contributed by atoms with Gasteiger partial charge in [0.05, 0.1) is 0 Å². The van der Waals surface area contributed by atoms with Gasteiger partial charge in [-0.25, -0.2) is 9.78 Å². The second-order valence-corrected chi connectivity index (χ2v) is 6.39. The molecule has 1 atom stereocenters. The van der Waals surface area contributed by atoms with Gasteiger partial charge in [-0.1, -0.05) is 18.2 Å². The highest BCUT2D eigenvalue weighted by Gasteiger charge is 2.33. The number of hydrogen-bond donors (Lipinski definition) is 1. The van der Waals surface area contributed by atoms with Crippen molar-refractivity contribution in [1.82, 2.24) is 15.2 Å². The van der Waals surface area contributed by atoms with E-state index in [9.17, 15) is 9.59 Å². The molecule has 2 heterocycles. The van der Waals surface area contributed by atoms with Crippen molar-refractivity contribution in [3.05, 3.63) is 41.7 Å². The largest absolute Gasteiger partial charge is 0.444 e. The van der Waals surface area contributed by atoms with Crippen molar-refractivity contribution in [3.8, 4) is 6.07 Å². The number of carbonyl (C=O) groups is 2. The highest BCUT2D eigenvalue weighted by Crippen LogP contribution is 2.16. The Balaban J connectivity index is 1.94. The van der Waals surface area contributed by atoms with E-state index in [4.69, 9.17) is 10.00 Å². The molecule has 1 aromatic rings. The van der Waals surface area contributed by atoms with E-state index in [0.717, 1.165) is 5.56 Å². The van der Waals surface area contributed by atoms with E-state index >= 15 is 0 Å². The van der Waals surface area contributed by atoms with Gasteiger partial charge in [0.25, 0.3) is 0 Å². The average Bonchev–Trinajstić information content (AvgIpc) is 3.01. The van der Waals surface area contributed by atoms with Gasteiger partial charge in [0.15, 0.2) is 0 Å². The number of hydrogen-bond acceptors (Lipinski definition) is 5. The fourth-order valence-corrected chi connectivity index (χ4v) is 2.15. The Morgan fingerprint density at radius 1 is 1.46 bits per heavy atom. The van der Waals surface area contributed by atoms with Gasteiger partial charge >= 0.3 is 6.09 Å². The minimum atomic E-state index is -0.689. The van der Waals surface area contributed by atoms with E-state index < -0.39 is 17.7 Å². The Kier molecular flexibility index (Phi) is 5.19. The van der Waals surface area contributed by atoms with E-state index in [1.165, 1.54) is 11.1 Å². The molecule has 0 aliphatic carbocycles. The second kappa shape index (κ2) is 7.13. The molecule has 0 saturated carbocycles. The van der Waals surface area contributed by atoms with Crippen LogP contribution in [0.2, 0.25) is 0 Å². The Bertz CT molecular complexity index is 683. The zero-order valence-electron chi connectivity index (χ0n) is 13.9. The molecule has 0 unspecified atom stereocenters. The predicted octanol–water partition coefficient (Wildman–Crippen LogP) is 1.74. The summed E-state index contributed by atoms with van der Waals surface area (Å²) in [5.41, 5.74) is 0.475. The fourth-order valence-electron chi connectivity index (χ4n) is 2.15. The number of nitriles is 1. The van der Waals surface area contributed by atoms with E-state index in [2.05, 4.69) is 10.3 Å². The third-order valence-electron chi connectivity index (χ3n) is 3.26. The molecule has 2 rings (SSSR count). The molecule has 0 aromatic carbocycles. The summed E-state index contributed by atoms with van der Waals surface area (Å²) in [5, 5.41) is 11.5. The lowest BCUT2D eigenvalue weighted by atomic mass is 10.2. The number of pyridine rings is 1. The third-order valence-corrected chi connectivity index (χ3v) is 3.26. The fraction of sp³-hybridized carbons (Fsp3) is 0.412. The molecule has 1 aliphatic rings. The van der Waals surface area contributed by atoms with Crippen molar-refractivity contribution in [2.75, 3.05) is 6.54 Å². The van der Waals surface area contributed by atoms with Crippen molar-refractivity contribution in [3.63, 3.8) is 0 Å². The Hall–Kier alpha value is -2.88. The lowest BCUT2D eigenvalue weighted by Crippen LogP contribution is -2.47. The van der Waals surface area contributed by atoms with Crippen LogP contribution in [0.5, 0.6) is 0 Å². The topological polar surface area (TPSA) is 95.3 Å². The molecule has 2 amide bonds. The number of carbonyl (C=O) groups excluding carboxylic acids is 2. The van der Waals surface area contributed by atoms with Crippen LogP contribution in [0.1, 0.15) is 32.0 Å². The first-order valence-electron chi connectivity index (χ1n) is 7.59. The number of amides is 2. The van der Waals surface area contributed by atoms with Crippen LogP contribution >= 0.6 is 0 Å². The molecular formula is C17H20N4O3. The first kappa shape index (κ1) is 17.5. The maximum Gasteiger partial charge on any atom is 0.411 e. The molecule has 0 saturated heterocycles. The van der Waals surface area contributed by atoms with Gasteiger partial charge in [0, 0.05) is 19.3 Å². The summed E-state index contributed by atoms with van der Waals surface area (Å²) in [5.74, 6) is -0.293. The van der Waals surface area contributed by atoms with Crippen LogP contribution in [0.25, 0.3) is 0 Å². The predicted molar refractivity (Wildman–Crippen MR) is 86.7 cm³/mol. The Morgan fingerprint density at radius 3 is 2.79 bits per heavy atom. The summed E-state index contributed by atoms with van der Waals surface area (Å²) >= 11 is 0. The van der Waals surface area contributed by atoms with Crippen LogP contribution in [0.4, 0.5) is 4.79 Å². The van der Waals surface area contributed by atoms with Gasteiger partial charge < -0.3 is 10.1 Å². The number of nitrogens with zero attached hydrogens (tertiary/aromatic N) is 3. The summed E-state index contributed by atoms with van der Waals surface area (Å²) in [4.78, 5) is 29.8. The smallest absolute Gasteiger partial charge is 0.411 e. The van der Waals surface area contributed by atoms with Crippen LogP contribution in [0.3, 0.4) is 0 Å². The van der Waals surface area contributed by atoms with Gasteiger partial charge in [-0.05, 0) is 32.4 Å². The second-order valence-electron chi connectivity index (χ2n) is 6.39. The number of aromatic nitrogens is 1. The Labute approximate surface area is 140 Å². The molecule has 126 valence electrons. The van der Waals surface area contributed by atoms with E-state index in [-0.39, 0.29) is 12.5 Å². The molecule has 0 spiro atoms. The molecule has 1 aromatic heterocycles. The highest BCUT2D eigenvalue weighted by atomic mass is 16.6. The molecule has 0 fully saturated rings. The summed E-state index contributed by atoms with van der Waals surface area (Å²) in [6.45, 7) is 5.94. The molecule has 7 nitrogen and oxygen atoms in total. The summed E-state index contributed by atoms with van der Waals surface area (Å²) in [6, 6.07) is 4.56. The molecule has 0 radical (unpaired) electrons. The minimum absolute atomic E-state index is 0.268. The van der Waals surface area contributed by atoms with E-state index in [1.54, 1.807) is 45.1 Å². The number of rotatable bonds is 3. The van der Waals surface area contributed by atoms with E-state index in [0.29, 0.717) is 12.2 Å². The van der Waals surface area contributed by atoms with E-state index in [1.807, 2.05) is 6.07 Å². The summed E-state index contributed by atoms with van der Waals surface area (Å²) < 4.78 is 5.32. The standard InChI is InChI=1S/C17H20N4O3/c1-17(2,3)24-16(23)21-8-4-5-14(21)15(22)20-11-12-6-7-13(9-18)19-10-12/h4-7,10,14H,8,11H2,1-3H3,(H,20,22)/t14-/m0/s1. The molecule has 7 heteroatoms. The number of nitrogens with one attached hydrogen (secondary N) is 1. The summed E-state index contributed by atoms with van der Waals surface area (Å²) in [6.07, 6.45) is 4.45. The zero-order chi connectivity index (χ0) is 17.7. The maximum atomic E-state index is 12.3. The first-order chi connectivity index (χ1) is 11.3. The monoisotopic (exact) mass is 328 g/mol. The lowest BCUT2D eigenvalue weighted by Gasteiger charge is -2.28. The highest BCUT2D eigenvalue weighted by molar-refractivity contribution is 5.88. The van der Waals surface area contributed by atoms with Crippen LogP contribution in [0.15, 0.2) is 30.5 Å². The van der Waals surface area contributed by atoms with Crippen molar-refractivity contribution < 1.29 is 14.3 Å². The van der Waals surface area contributed by atoms with Crippen molar-refractivity contribution >= 4 is 12.0 Å². The van der Waals surface area contributed by atoms with Gasteiger partial charge in [-0.15, -0.1) is 0 Å². The zero-order valence-corrected chi connectivity index (χ0v) is 13.9. The van der Waals surface area contributed by atoms with Crippen molar-refractivity contribution in [2.45, 2.75) is 39.0 Å². The molecule has 1 N–H and O–H groups in total. The molecule has 24 heavy (non-hydrogen) atoms. The van der Waals surface area contributed by atoms with Gasteiger partial charge in [-0.3, -0.25) is 9.69 Å². The van der Waals surface area contributed by atoms with Crippen LogP contribution in [-0.2, 0) is 16.1 Å². The van der Waals surface area contributed by atoms with Crippen LogP contribution < -0.4 is 5.32 Å². The minimum Gasteiger partial charge on any atom is -0.444 e. The first-order valence-corrected chi connectivity index (χ1v) is 7.59. The van der Waals surface area contributed by atoms with Crippen molar-refractivity contribution in [1.29, 1.82) is 5.26 Å². The lowest BCUT2D eigenvalue weighted by molar-refractivity contribution is -0.124. The van der Waals surface area contributed by atoms with Gasteiger partial charge in [-0.2, -0.15) is 5.26 Å². The van der Waals surface area contributed by atoms with Gasteiger partial charge in [0.2, 0.25) is 5.91 Å². The molecule has 0 bridgehead atoms. The molecular weight excluding hydrogens is 308 g/mol. The summed E-state index contributed by atoms with van der Waals surface area (Å²) in [7, 11) is 0. The SMILES string of the molecule is CC(C)(C)OC(=O)N1CC=C[C@H]1C(=O)NCc1ccc(C#N)nc1. The quantitative estimate of drug-likeness (QED) is 0.853. The third kappa shape index (κ3) is 4.56. The normalized spacial score (nSPS) is 16.6.